The summed E-state index contributed by atoms with van der Waals surface area (Å²) in [6.45, 7) is 5.75. The van der Waals surface area contributed by atoms with Crippen LogP contribution in [-0.2, 0) is 20.8 Å². The Morgan fingerprint density at radius 2 is 1.70 bits per heavy atom. The number of amides is 1. The fraction of sp³-hybridized carbons (Fsp3) is 0.559. The van der Waals surface area contributed by atoms with Gasteiger partial charge in [0.25, 0.3) is 0 Å². The quantitative estimate of drug-likeness (QED) is 0.306. The Labute approximate surface area is 272 Å². The second-order valence-corrected chi connectivity index (χ2v) is 13.1. The van der Waals surface area contributed by atoms with E-state index in [9.17, 15) is 9.59 Å². The van der Waals surface area contributed by atoms with Crippen LogP contribution in [0, 0.1) is 0 Å². The normalized spacial score (nSPS) is 22.4. The number of rotatable bonds is 8. The number of carbonyl (C=O) groups excluding carboxylic acids is 1. The predicted octanol–water partition coefficient (Wildman–Crippen LogP) is 3.36. The highest BCUT2D eigenvalue weighted by atomic mass is 16.5. The Bertz CT molecular complexity index is 1800. The molecule has 47 heavy (non-hydrogen) atoms. The molecule has 4 aliphatic rings. The Morgan fingerprint density at radius 1 is 0.936 bits per heavy atom. The molecule has 1 N–H and O–H groups in total. The van der Waals surface area contributed by atoms with Crippen molar-refractivity contribution >= 4 is 39.6 Å². The Hall–Kier alpha value is -4.23. The van der Waals surface area contributed by atoms with Crippen LogP contribution in [0.1, 0.15) is 51.0 Å². The van der Waals surface area contributed by atoms with E-state index in [2.05, 4.69) is 39.5 Å². The molecule has 13 nitrogen and oxygen atoms in total. The average Bonchev–Trinajstić information content (AvgIpc) is 3.35. The number of imidazole rings is 1. The van der Waals surface area contributed by atoms with Crippen LogP contribution >= 0.6 is 0 Å². The Morgan fingerprint density at radius 3 is 2.47 bits per heavy atom. The van der Waals surface area contributed by atoms with Crippen LogP contribution in [0.4, 0.5) is 11.8 Å². The molecule has 0 atom stereocenters. The monoisotopic (exact) mass is 642 g/mol. The number of hydrogen-bond donors (Lipinski definition) is 1. The van der Waals surface area contributed by atoms with E-state index in [1.54, 1.807) is 20.2 Å². The lowest BCUT2D eigenvalue weighted by Gasteiger charge is -2.31. The fourth-order valence-electron chi connectivity index (χ4n) is 7.22. The number of benzene rings is 1. The highest BCUT2D eigenvalue weighted by Crippen LogP contribution is 2.32. The minimum Gasteiger partial charge on any atom is -0.474 e. The SMILES string of the molecule is O=C(Cn1c(=O)n(C2CCOCC2)c2nc(N[C@H]3CC[C@@H](Oc4nc(N5CCOCC5)cc5ccccc45)CC3)ncc21)N1CCC1. The molecular weight excluding hydrogens is 600 g/mol. The lowest BCUT2D eigenvalue weighted by Crippen LogP contribution is -2.45. The summed E-state index contributed by atoms with van der Waals surface area (Å²) in [5, 5.41) is 5.69. The maximum absolute atomic E-state index is 13.7. The molecule has 1 aromatic carbocycles. The first-order valence-electron chi connectivity index (χ1n) is 17.1. The highest BCUT2D eigenvalue weighted by Gasteiger charge is 2.29. The first-order valence-corrected chi connectivity index (χ1v) is 17.1. The zero-order chi connectivity index (χ0) is 31.7. The van der Waals surface area contributed by atoms with Crippen LogP contribution in [0.2, 0.25) is 0 Å². The second kappa shape index (κ2) is 13.1. The van der Waals surface area contributed by atoms with E-state index < -0.39 is 0 Å². The highest BCUT2D eigenvalue weighted by molar-refractivity contribution is 5.89. The van der Waals surface area contributed by atoms with E-state index in [4.69, 9.17) is 24.2 Å². The molecule has 1 saturated carbocycles. The summed E-state index contributed by atoms with van der Waals surface area (Å²) in [5.41, 5.74) is 0.965. The minimum absolute atomic E-state index is 0.00516. The number of anilines is 2. The molecular formula is C34H42N8O5. The van der Waals surface area contributed by atoms with Gasteiger partial charge in [0.05, 0.1) is 19.4 Å². The third-order valence-electron chi connectivity index (χ3n) is 10.1. The molecule has 3 saturated heterocycles. The number of ether oxygens (including phenoxy) is 3. The fourth-order valence-corrected chi connectivity index (χ4v) is 7.22. The van der Waals surface area contributed by atoms with Gasteiger partial charge < -0.3 is 29.3 Å². The molecule has 13 heteroatoms. The van der Waals surface area contributed by atoms with Crippen molar-refractivity contribution in [3.05, 3.63) is 47.0 Å². The number of nitrogens with one attached hydrogen (secondary N) is 1. The zero-order valence-corrected chi connectivity index (χ0v) is 26.7. The van der Waals surface area contributed by atoms with E-state index in [-0.39, 0.29) is 36.3 Å². The molecule has 4 aromatic rings. The third kappa shape index (κ3) is 6.14. The molecule has 3 aromatic heterocycles. The van der Waals surface area contributed by atoms with Crippen molar-refractivity contribution in [2.45, 2.75) is 69.7 Å². The van der Waals surface area contributed by atoms with Crippen molar-refractivity contribution in [2.24, 2.45) is 0 Å². The lowest BCUT2D eigenvalue weighted by molar-refractivity contribution is -0.135. The van der Waals surface area contributed by atoms with Gasteiger partial charge in [-0.3, -0.25) is 13.9 Å². The minimum atomic E-state index is -0.205. The summed E-state index contributed by atoms with van der Waals surface area (Å²) in [7, 11) is 0. The van der Waals surface area contributed by atoms with Crippen molar-refractivity contribution < 1.29 is 19.0 Å². The third-order valence-corrected chi connectivity index (χ3v) is 10.1. The summed E-state index contributed by atoms with van der Waals surface area (Å²) >= 11 is 0. The molecule has 8 rings (SSSR count). The van der Waals surface area contributed by atoms with Crippen molar-refractivity contribution in [3.8, 4) is 5.88 Å². The van der Waals surface area contributed by atoms with Crippen molar-refractivity contribution in [1.29, 1.82) is 0 Å². The van der Waals surface area contributed by atoms with E-state index in [0.717, 1.165) is 87.7 Å². The van der Waals surface area contributed by atoms with Crippen LogP contribution in [0.3, 0.4) is 0 Å². The topological polar surface area (TPSA) is 129 Å². The van der Waals surface area contributed by atoms with E-state index in [0.29, 0.717) is 49.4 Å². The summed E-state index contributed by atoms with van der Waals surface area (Å²) in [6.07, 6.45) is 7.76. The van der Waals surface area contributed by atoms with Gasteiger partial charge in [-0.15, -0.1) is 0 Å². The number of aromatic nitrogens is 5. The molecule has 0 radical (unpaired) electrons. The van der Waals surface area contributed by atoms with Gasteiger partial charge in [-0.1, -0.05) is 18.2 Å². The van der Waals surface area contributed by atoms with E-state index in [1.807, 2.05) is 6.07 Å². The first-order chi connectivity index (χ1) is 23.1. The Balaban J connectivity index is 0.976. The molecule has 1 aliphatic carbocycles. The summed E-state index contributed by atoms with van der Waals surface area (Å²) < 4.78 is 21.0. The van der Waals surface area contributed by atoms with E-state index in [1.165, 1.54) is 0 Å². The zero-order valence-electron chi connectivity index (χ0n) is 26.7. The molecule has 248 valence electrons. The van der Waals surface area contributed by atoms with Crippen molar-refractivity contribution in [1.82, 2.24) is 29.0 Å². The van der Waals surface area contributed by atoms with Gasteiger partial charge >= 0.3 is 5.69 Å². The maximum atomic E-state index is 13.7. The smallest absolute Gasteiger partial charge is 0.331 e. The molecule has 4 fully saturated rings. The molecule has 3 aliphatic heterocycles. The lowest BCUT2D eigenvalue weighted by atomic mass is 9.93. The largest absolute Gasteiger partial charge is 0.474 e. The van der Waals surface area contributed by atoms with Crippen LogP contribution in [-0.4, -0.2) is 99.6 Å². The molecule has 6 heterocycles. The van der Waals surface area contributed by atoms with Gasteiger partial charge in [-0.2, -0.15) is 9.97 Å². The second-order valence-electron chi connectivity index (χ2n) is 13.1. The number of likely N-dealkylation sites (tertiary alicyclic amines) is 1. The maximum Gasteiger partial charge on any atom is 0.331 e. The van der Waals surface area contributed by atoms with Gasteiger partial charge in [0.15, 0.2) is 5.65 Å². The average molecular weight is 643 g/mol. The van der Waals surface area contributed by atoms with Crippen molar-refractivity contribution in [2.75, 3.05) is 62.8 Å². The van der Waals surface area contributed by atoms with Crippen LogP contribution in [0.25, 0.3) is 21.9 Å². The number of carbonyl (C=O) groups is 1. The number of morpholine rings is 1. The van der Waals surface area contributed by atoms with Gasteiger partial charge in [0.1, 0.15) is 24.0 Å². The van der Waals surface area contributed by atoms with Crippen LogP contribution in [0.5, 0.6) is 5.88 Å². The number of pyridine rings is 1. The van der Waals surface area contributed by atoms with Gasteiger partial charge in [-0.25, -0.2) is 9.78 Å². The summed E-state index contributed by atoms with van der Waals surface area (Å²) in [4.78, 5) is 45.1. The summed E-state index contributed by atoms with van der Waals surface area (Å²) in [5.74, 6) is 2.09. The van der Waals surface area contributed by atoms with Crippen molar-refractivity contribution in [3.63, 3.8) is 0 Å². The van der Waals surface area contributed by atoms with Gasteiger partial charge in [0, 0.05) is 56.9 Å². The number of hydrogen-bond acceptors (Lipinski definition) is 10. The standard InChI is InChI=1S/C34H42N8O5/c43-30(40-12-3-13-40)22-41-28-21-35-33(38-31(28)42(34(41)44)25-10-16-45-17-11-25)36-24-6-8-26(9-7-24)47-32-27-5-2-1-4-23(27)20-29(37-32)39-14-18-46-19-15-39/h1-2,4-5,20-21,24-26H,3,6-19,22H2,(H,35,36,38)/t24-,26+. The van der Waals surface area contributed by atoms with Crippen LogP contribution in [0.15, 0.2) is 41.3 Å². The molecule has 0 bridgehead atoms. The van der Waals surface area contributed by atoms with Gasteiger partial charge in [-0.05, 0) is 62.5 Å². The van der Waals surface area contributed by atoms with Crippen LogP contribution < -0.4 is 20.6 Å². The van der Waals surface area contributed by atoms with E-state index >= 15 is 0 Å². The first kappa shape index (κ1) is 30.1. The number of fused-ring (bicyclic) bond motifs is 2. The summed E-state index contributed by atoms with van der Waals surface area (Å²) in [6, 6.07) is 10.6. The molecule has 1 amide bonds. The Kier molecular flexibility index (Phi) is 8.40. The molecule has 0 spiro atoms. The molecule has 0 unspecified atom stereocenters. The number of nitrogens with zero attached hydrogens (tertiary/aromatic N) is 7. The predicted molar refractivity (Wildman–Crippen MR) is 177 cm³/mol. The van der Waals surface area contributed by atoms with Gasteiger partial charge in [0.2, 0.25) is 17.7 Å².